The van der Waals surface area contributed by atoms with Gasteiger partial charge >= 0.3 is 5.97 Å². The van der Waals surface area contributed by atoms with Gasteiger partial charge < -0.3 is 26.0 Å². The summed E-state index contributed by atoms with van der Waals surface area (Å²) in [5, 5.41) is 5.75. The van der Waals surface area contributed by atoms with E-state index in [1.807, 2.05) is 0 Å². The molecular formula is C34H46N4O7. The van der Waals surface area contributed by atoms with Crippen LogP contribution >= 0.6 is 0 Å². The van der Waals surface area contributed by atoms with Gasteiger partial charge in [0.25, 0.3) is 11.8 Å². The Kier molecular flexibility index (Phi) is 9.65. The Hall–Kier alpha value is -3.76. The quantitative estimate of drug-likeness (QED) is 0.238. The highest BCUT2D eigenvalue weighted by Crippen LogP contribution is 2.65. The van der Waals surface area contributed by atoms with E-state index in [4.69, 9.17) is 10.5 Å². The first-order valence-corrected chi connectivity index (χ1v) is 16.4. The van der Waals surface area contributed by atoms with Crippen LogP contribution in [-0.4, -0.2) is 65.0 Å². The van der Waals surface area contributed by atoms with Crippen LogP contribution < -0.4 is 16.4 Å². The molecule has 5 rings (SSSR count). The largest absolute Gasteiger partial charge is 0.447 e. The number of likely N-dealkylation sites (tertiary alicyclic amines) is 1. The van der Waals surface area contributed by atoms with Crippen LogP contribution in [0.2, 0.25) is 0 Å². The van der Waals surface area contributed by atoms with Crippen molar-refractivity contribution in [2.24, 2.45) is 34.8 Å². The number of ketones is 1. The maximum atomic E-state index is 14.5. The third kappa shape index (κ3) is 6.92. The van der Waals surface area contributed by atoms with E-state index < -0.39 is 53.7 Å². The summed E-state index contributed by atoms with van der Waals surface area (Å²) in [6, 6.07) is 5.83. The Balaban J connectivity index is 1.40. The zero-order valence-corrected chi connectivity index (χ0v) is 26.5. The molecule has 11 nitrogen and oxygen atoms in total. The van der Waals surface area contributed by atoms with E-state index in [2.05, 4.69) is 24.5 Å². The summed E-state index contributed by atoms with van der Waals surface area (Å²) in [7, 11) is 0. The number of hydrogen-bond donors (Lipinski definition) is 3. The highest BCUT2D eigenvalue weighted by Gasteiger charge is 2.69. The van der Waals surface area contributed by atoms with E-state index in [0.29, 0.717) is 18.5 Å². The Morgan fingerprint density at radius 2 is 1.62 bits per heavy atom. The molecule has 4 fully saturated rings. The van der Waals surface area contributed by atoms with Crippen molar-refractivity contribution in [3.05, 3.63) is 35.9 Å². The third-order valence-electron chi connectivity index (χ3n) is 10.7. The van der Waals surface area contributed by atoms with Gasteiger partial charge in [-0.1, -0.05) is 82.7 Å². The highest BCUT2D eigenvalue weighted by atomic mass is 16.5. The Bertz CT molecular complexity index is 1320. The van der Waals surface area contributed by atoms with Crippen LogP contribution in [0.1, 0.15) is 90.2 Å². The molecule has 4 N–H and O–H groups in total. The lowest BCUT2D eigenvalue weighted by atomic mass is 9.80. The van der Waals surface area contributed by atoms with E-state index in [9.17, 15) is 28.8 Å². The molecule has 4 amide bonds. The highest BCUT2D eigenvalue weighted by molar-refractivity contribution is 6.37. The minimum atomic E-state index is -1.24. The number of rotatable bonds is 12. The number of esters is 1. The number of hydrogen-bond acceptors (Lipinski definition) is 7. The fourth-order valence-electron chi connectivity index (χ4n) is 7.86. The topological polar surface area (TPSA) is 165 Å². The lowest BCUT2D eigenvalue weighted by Gasteiger charge is -2.37. The fourth-order valence-corrected chi connectivity index (χ4v) is 7.86. The van der Waals surface area contributed by atoms with Crippen molar-refractivity contribution in [2.45, 2.75) is 103 Å². The number of primary amides is 1. The minimum absolute atomic E-state index is 0.0787. The molecule has 1 unspecified atom stereocenters. The molecule has 4 aliphatic rings. The van der Waals surface area contributed by atoms with Crippen LogP contribution in [0, 0.1) is 29.1 Å². The monoisotopic (exact) mass is 622 g/mol. The Labute approximate surface area is 264 Å². The molecule has 0 spiro atoms. The molecule has 1 heterocycles. The van der Waals surface area contributed by atoms with Gasteiger partial charge in [0.1, 0.15) is 12.1 Å². The maximum Gasteiger partial charge on any atom is 0.303 e. The molecule has 244 valence electrons. The van der Waals surface area contributed by atoms with Crippen molar-refractivity contribution in [3.8, 4) is 0 Å². The van der Waals surface area contributed by atoms with Gasteiger partial charge in [-0.05, 0) is 48.3 Å². The van der Waals surface area contributed by atoms with Gasteiger partial charge in [-0.2, -0.15) is 0 Å². The first-order chi connectivity index (χ1) is 21.4. The number of Topliss-reactive ketones (excluding diaryl/α,β-unsaturated/α-hetero) is 1. The lowest BCUT2D eigenvalue weighted by Crippen LogP contribution is -2.60. The summed E-state index contributed by atoms with van der Waals surface area (Å²) in [5.41, 5.74) is 5.64. The van der Waals surface area contributed by atoms with Gasteiger partial charge in [-0.25, -0.2) is 0 Å². The van der Waals surface area contributed by atoms with Crippen molar-refractivity contribution in [3.63, 3.8) is 0 Å². The average Bonchev–Trinajstić information content (AvgIpc) is 3.30. The number of nitrogens with two attached hydrogens (primary N) is 1. The second-order valence-electron chi connectivity index (χ2n) is 14.0. The molecule has 1 aromatic rings. The number of ether oxygens (including phenoxy) is 1. The Morgan fingerprint density at radius 3 is 2.20 bits per heavy atom. The van der Waals surface area contributed by atoms with Crippen molar-refractivity contribution in [1.82, 2.24) is 15.5 Å². The standard InChI is InChI=1S/C34H46N4O7/c1-19(39)45-29(22-15-8-5-9-16-22)32(43)37-26(21-13-6-4-7-14-21)33(44)38-18-23-25(34(23,2)3)27(38)31(42)36-24(28(40)30(35)41)17-20-11-10-12-20/h5,8-9,15-16,20-21,23-27,29H,4,6-7,10-14,17-18H2,1-3H3,(H2,35,41)(H,36,42)(H,37,43)/t23-,24?,25-,26-,27-,29-/m0/s1. The minimum Gasteiger partial charge on any atom is -0.447 e. The smallest absolute Gasteiger partial charge is 0.303 e. The molecule has 3 aliphatic carbocycles. The molecule has 1 aromatic carbocycles. The van der Waals surface area contributed by atoms with Gasteiger partial charge in [-0.15, -0.1) is 0 Å². The van der Waals surface area contributed by atoms with Crippen molar-refractivity contribution >= 4 is 35.4 Å². The van der Waals surface area contributed by atoms with Crippen LogP contribution in [0.5, 0.6) is 0 Å². The number of carbonyl (C=O) groups excluding carboxylic acids is 6. The molecule has 45 heavy (non-hydrogen) atoms. The van der Waals surface area contributed by atoms with E-state index in [1.165, 1.54) is 6.92 Å². The number of nitrogens with one attached hydrogen (secondary N) is 2. The predicted molar refractivity (Wildman–Crippen MR) is 164 cm³/mol. The molecule has 0 radical (unpaired) electrons. The van der Waals surface area contributed by atoms with Crippen molar-refractivity contribution in [1.29, 1.82) is 0 Å². The van der Waals surface area contributed by atoms with E-state index >= 15 is 0 Å². The summed E-state index contributed by atoms with van der Waals surface area (Å²) >= 11 is 0. The van der Waals surface area contributed by atoms with E-state index in [-0.39, 0.29) is 35.0 Å². The maximum absolute atomic E-state index is 14.5. The molecular weight excluding hydrogens is 576 g/mol. The van der Waals surface area contributed by atoms with E-state index in [1.54, 1.807) is 35.2 Å². The van der Waals surface area contributed by atoms with Crippen LogP contribution in [0.4, 0.5) is 0 Å². The van der Waals surface area contributed by atoms with Gasteiger partial charge in [-0.3, -0.25) is 28.8 Å². The van der Waals surface area contributed by atoms with Gasteiger partial charge in [0.05, 0.1) is 6.04 Å². The van der Waals surface area contributed by atoms with Crippen molar-refractivity contribution in [2.75, 3.05) is 6.54 Å². The number of amides is 4. The zero-order valence-electron chi connectivity index (χ0n) is 26.5. The van der Waals surface area contributed by atoms with Gasteiger partial charge in [0, 0.05) is 19.0 Å². The normalized spacial score (nSPS) is 25.9. The van der Waals surface area contributed by atoms with Gasteiger partial charge in [0.15, 0.2) is 0 Å². The number of benzene rings is 1. The van der Waals surface area contributed by atoms with Crippen LogP contribution in [-0.2, 0) is 33.5 Å². The average molecular weight is 623 g/mol. The predicted octanol–water partition coefficient (Wildman–Crippen LogP) is 2.57. The number of carbonyl (C=O) groups is 6. The fraction of sp³-hybridized carbons (Fsp3) is 0.647. The Morgan fingerprint density at radius 1 is 0.956 bits per heavy atom. The number of fused-ring (bicyclic) bond motifs is 1. The second-order valence-corrected chi connectivity index (χ2v) is 14.0. The molecule has 1 saturated heterocycles. The van der Waals surface area contributed by atoms with E-state index in [0.717, 1.165) is 51.4 Å². The SMILES string of the molecule is CC(=O)O[C@H](C(=O)N[C@H](C(=O)N1C[C@H]2[C@@H]([C@H]1C(=O)NC(CC1CCC1)C(=O)C(N)=O)C2(C)C)C1CCCCC1)c1ccccc1. The summed E-state index contributed by atoms with van der Waals surface area (Å²) in [6.07, 6.45) is 6.31. The lowest BCUT2D eigenvalue weighted by molar-refractivity contribution is -0.156. The molecule has 0 bridgehead atoms. The first kappa shape index (κ1) is 32.6. The third-order valence-corrected chi connectivity index (χ3v) is 10.7. The number of nitrogens with zero attached hydrogens (tertiary/aromatic N) is 1. The summed E-state index contributed by atoms with van der Waals surface area (Å²) < 4.78 is 5.42. The van der Waals surface area contributed by atoms with Gasteiger partial charge in [0.2, 0.25) is 23.7 Å². The first-order valence-electron chi connectivity index (χ1n) is 16.4. The van der Waals surface area contributed by atoms with Crippen molar-refractivity contribution < 1.29 is 33.5 Å². The van der Waals surface area contributed by atoms with Crippen LogP contribution in [0.25, 0.3) is 0 Å². The molecule has 11 heteroatoms. The summed E-state index contributed by atoms with van der Waals surface area (Å²) in [6.45, 7) is 5.70. The molecule has 6 atom stereocenters. The summed E-state index contributed by atoms with van der Waals surface area (Å²) in [4.78, 5) is 80.4. The second kappa shape index (κ2) is 13.3. The molecule has 1 aliphatic heterocycles. The molecule has 3 saturated carbocycles. The zero-order chi connectivity index (χ0) is 32.5. The van der Waals surface area contributed by atoms with Crippen LogP contribution in [0.15, 0.2) is 30.3 Å². The number of piperidine rings is 1. The summed E-state index contributed by atoms with van der Waals surface area (Å²) in [5.74, 6) is -3.96. The van der Waals surface area contributed by atoms with Crippen LogP contribution in [0.3, 0.4) is 0 Å². The molecule has 0 aromatic heterocycles.